The summed E-state index contributed by atoms with van der Waals surface area (Å²) in [7, 11) is 1.52. The second kappa shape index (κ2) is 11.1. The number of hydrogen-bond acceptors (Lipinski definition) is 5. The topological polar surface area (TPSA) is 89.0 Å². The van der Waals surface area contributed by atoms with Gasteiger partial charge in [-0.3, -0.25) is 9.59 Å². The van der Waals surface area contributed by atoms with Gasteiger partial charge in [0, 0.05) is 5.69 Å². The third kappa shape index (κ3) is 6.78. The van der Waals surface area contributed by atoms with Gasteiger partial charge in [-0.05, 0) is 54.4 Å². The van der Waals surface area contributed by atoms with E-state index in [-0.39, 0.29) is 10.7 Å². The first-order valence-corrected chi connectivity index (χ1v) is 10.2. The summed E-state index contributed by atoms with van der Waals surface area (Å²) in [6.45, 7) is 2.40. The van der Waals surface area contributed by atoms with E-state index in [0.717, 1.165) is 11.6 Å². The van der Waals surface area contributed by atoms with Crippen LogP contribution in [-0.4, -0.2) is 25.1 Å². The van der Waals surface area contributed by atoms with E-state index in [1.165, 1.54) is 31.0 Å². The molecule has 3 aromatic carbocycles. The minimum Gasteiger partial charge on any atom is -0.493 e. The van der Waals surface area contributed by atoms with Crippen LogP contribution in [0.25, 0.3) is 0 Å². The van der Waals surface area contributed by atoms with Crippen molar-refractivity contribution in [2.24, 2.45) is 5.10 Å². The van der Waals surface area contributed by atoms with Crippen LogP contribution < -0.4 is 20.2 Å². The number of amides is 2. The standard InChI is InChI=1S/C24H21ClFN3O4/c1-15-3-5-16(6-4-15)14-33-21-10-7-17(11-22(21)32-2)13-27-29-24(31)23(30)28-18-8-9-20(26)19(25)12-18/h3-13H,14H2,1-2H3,(H,28,30)(H,29,31)/b27-13+. The fourth-order valence-electron chi connectivity index (χ4n) is 2.71. The number of hydrazone groups is 1. The monoisotopic (exact) mass is 469 g/mol. The smallest absolute Gasteiger partial charge is 0.329 e. The maximum absolute atomic E-state index is 13.2. The zero-order valence-electron chi connectivity index (χ0n) is 17.9. The van der Waals surface area contributed by atoms with Crippen molar-refractivity contribution < 1.29 is 23.5 Å². The van der Waals surface area contributed by atoms with Gasteiger partial charge in [-0.25, -0.2) is 9.82 Å². The van der Waals surface area contributed by atoms with Gasteiger partial charge in [-0.2, -0.15) is 5.10 Å². The van der Waals surface area contributed by atoms with Crippen LogP contribution in [0.15, 0.2) is 65.8 Å². The molecule has 3 rings (SSSR count). The van der Waals surface area contributed by atoms with E-state index in [2.05, 4.69) is 15.8 Å². The third-order valence-corrected chi connectivity index (χ3v) is 4.76. The lowest BCUT2D eigenvalue weighted by atomic mass is 10.2. The lowest BCUT2D eigenvalue weighted by Crippen LogP contribution is -2.32. The van der Waals surface area contributed by atoms with Crippen molar-refractivity contribution in [3.8, 4) is 11.5 Å². The van der Waals surface area contributed by atoms with Crippen LogP contribution in [0.3, 0.4) is 0 Å². The second-order valence-corrected chi connectivity index (χ2v) is 7.37. The van der Waals surface area contributed by atoms with Crippen molar-refractivity contribution in [1.82, 2.24) is 5.43 Å². The fourth-order valence-corrected chi connectivity index (χ4v) is 2.89. The number of nitrogens with zero attached hydrogens (tertiary/aromatic N) is 1. The molecule has 7 nitrogen and oxygen atoms in total. The molecule has 0 aromatic heterocycles. The molecule has 0 saturated carbocycles. The SMILES string of the molecule is COc1cc(/C=N/NC(=O)C(=O)Nc2ccc(F)c(Cl)c2)ccc1OCc1ccc(C)cc1. The largest absolute Gasteiger partial charge is 0.493 e. The average molecular weight is 470 g/mol. The van der Waals surface area contributed by atoms with Gasteiger partial charge in [0.25, 0.3) is 0 Å². The molecule has 2 N–H and O–H groups in total. The fraction of sp³-hybridized carbons (Fsp3) is 0.125. The summed E-state index contributed by atoms with van der Waals surface area (Å²) in [5.74, 6) is -1.57. The molecule has 0 bridgehead atoms. The number of benzene rings is 3. The van der Waals surface area contributed by atoms with E-state index in [1.54, 1.807) is 18.2 Å². The number of ether oxygens (including phenoxy) is 2. The number of hydrogen-bond donors (Lipinski definition) is 2. The van der Waals surface area contributed by atoms with Gasteiger partial charge < -0.3 is 14.8 Å². The van der Waals surface area contributed by atoms with Crippen molar-refractivity contribution >= 4 is 35.3 Å². The van der Waals surface area contributed by atoms with E-state index in [9.17, 15) is 14.0 Å². The van der Waals surface area contributed by atoms with E-state index in [4.69, 9.17) is 21.1 Å². The van der Waals surface area contributed by atoms with Crippen molar-refractivity contribution in [2.45, 2.75) is 13.5 Å². The maximum atomic E-state index is 13.2. The molecule has 0 radical (unpaired) electrons. The number of carbonyl (C=O) groups is 2. The highest BCUT2D eigenvalue weighted by molar-refractivity contribution is 6.39. The number of halogens is 2. The molecule has 0 saturated heterocycles. The minimum atomic E-state index is -1.00. The van der Waals surface area contributed by atoms with Crippen LogP contribution in [0.4, 0.5) is 10.1 Å². The molecule has 33 heavy (non-hydrogen) atoms. The van der Waals surface area contributed by atoms with Gasteiger partial charge in [0.1, 0.15) is 12.4 Å². The molecule has 0 spiro atoms. The van der Waals surface area contributed by atoms with E-state index in [1.807, 2.05) is 31.2 Å². The van der Waals surface area contributed by atoms with E-state index < -0.39 is 17.6 Å². The summed E-state index contributed by atoms with van der Waals surface area (Å²) >= 11 is 5.65. The Bertz CT molecular complexity index is 1180. The van der Waals surface area contributed by atoms with Gasteiger partial charge in [-0.1, -0.05) is 41.4 Å². The Morgan fingerprint density at radius 2 is 1.79 bits per heavy atom. The predicted molar refractivity (Wildman–Crippen MR) is 124 cm³/mol. The molecule has 0 aliphatic heterocycles. The number of aryl methyl sites for hydroxylation is 1. The lowest BCUT2D eigenvalue weighted by molar-refractivity contribution is -0.136. The van der Waals surface area contributed by atoms with E-state index in [0.29, 0.717) is 23.7 Å². The molecule has 0 unspecified atom stereocenters. The van der Waals surface area contributed by atoms with Crippen molar-refractivity contribution in [1.29, 1.82) is 0 Å². The van der Waals surface area contributed by atoms with Crippen LogP contribution in [0.2, 0.25) is 5.02 Å². The number of methoxy groups -OCH3 is 1. The Hall–Kier alpha value is -3.91. The van der Waals surface area contributed by atoms with Gasteiger partial charge in [-0.15, -0.1) is 0 Å². The van der Waals surface area contributed by atoms with Crippen LogP contribution in [0, 0.1) is 12.7 Å². The maximum Gasteiger partial charge on any atom is 0.329 e. The molecular formula is C24H21ClFN3O4. The summed E-state index contributed by atoms with van der Waals surface area (Å²) in [6, 6.07) is 16.7. The summed E-state index contributed by atoms with van der Waals surface area (Å²) in [4.78, 5) is 23.9. The number of carbonyl (C=O) groups excluding carboxylic acids is 2. The summed E-state index contributed by atoms with van der Waals surface area (Å²) in [6.07, 6.45) is 1.35. The summed E-state index contributed by atoms with van der Waals surface area (Å²) < 4.78 is 24.4. The van der Waals surface area contributed by atoms with Crippen molar-refractivity contribution in [3.63, 3.8) is 0 Å². The average Bonchev–Trinajstić information content (AvgIpc) is 2.81. The van der Waals surface area contributed by atoms with Crippen molar-refractivity contribution in [3.05, 3.63) is 88.2 Å². The van der Waals surface area contributed by atoms with Crippen LogP contribution >= 0.6 is 11.6 Å². The van der Waals surface area contributed by atoms with E-state index >= 15 is 0 Å². The molecular weight excluding hydrogens is 449 g/mol. The Morgan fingerprint density at radius 3 is 2.48 bits per heavy atom. The van der Waals surface area contributed by atoms with Crippen molar-refractivity contribution in [2.75, 3.05) is 12.4 Å². The molecule has 0 aliphatic carbocycles. The van der Waals surface area contributed by atoms with Gasteiger partial charge in [0.2, 0.25) is 0 Å². The van der Waals surface area contributed by atoms with Gasteiger partial charge in [0.05, 0.1) is 18.3 Å². The number of anilines is 1. The zero-order valence-corrected chi connectivity index (χ0v) is 18.7. The zero-order chi connectivity index (χ0) is 23.8. The molecule has 0 aliphatic rings. The molecule has 170 valence electrons. The minimum absolute atomic E-state index is 0.175. The lowest BCUT2D eigenvalue weighted by Gasteiger charge is -2.11. The predicted octanol–water partition coefficient (Wildman–Crippen LogP) is 4.46. The first-order valence-electron chi connectivity index (χ1n) is 9.81. The molecule has 0 fully saturated rings. The quantitative estimate of drug-likeness (QED) is 0.303. The second-order valence-electron chi connectivity index (χ2n) is 6.97. The highest BCUT2D eigenvalue weighted by Gasteiger charge is 2.14. The van der Waals surface area contributed by atoms with Gasteiger partial charge in [0.15, 0.2) is 11.5 Å². The molecule has 3 aromatic rings. The van der Waals surface area contributed by atoms with Gasteiger partial charge >= 0.3 is 11.8 Å². The van der Waals surface area contributed by atoms with Crippen LogP contribution in [0.1, 0.15) is 16.7 Å². The highest BCUT2D eigenvalue weighted by Crippen LogP contribution is 2.28. The number of nitrogens with one attached hydrogen (secondary N) is 2. The highest BCUT2D eigenvalue weighted by atomic mass is 35.5. The summed E-state index contributed by atoms with van der Waals surface area (Å²) in [5.41, 5.74) is 5.10. The Morgan fingerprint density at radius 1 is 1.03 bits per heavy atom. The first-order chi connectivity index (χ1) is 15.9. The summed E-state index contributed by atoms with van der Waals surface area (Å²) in [5, 5.41) is 5.90. The molecule has 0 atom stereocenters. The third-order valence-electron chi connectivity index (χ3n) is 4.47. The Balaban J connectivity index is 1.56. The molecule has 0 heterocycles. The Kier molecular flexibility index (Phi) is 7.99. The number of rotatable bonds is 7. The first kappa shape index (κ1) is 23.7. The molecule has 2 amide bonds. The van der Waals surface area contributed by atoms with Crippen LogP contribution in [0.5, 0.6) is 11.5 Å². The van der Waals surface area contributed by atoms with Crippen LogP contribution in [-0.2, 0) is 16.2 Å². The normalized spacial score (nSPS) is 10.7. The molecule has 9 heteroatoms. The Labute approximate surface area is 195 Å².